The topological polar surface area (TPSA) is 61.8 Å². The second-order valence-corrected chi connectivity index (χ2v) is 12.3. The van der Waals surface area contributed by atoms with Crippen LogP contribution in [0.3, 0.4) is 0 Å². The standard InChI is InChI=1S/C45H25N5/c1-48-32-18-23-45-40(26-32)39-25-30(28-47)15-22-44(39)49(45)33-19-16-31(17-20-33)34-21-14-29(27-46)24-38(34)37-10-4-7-13-43(37)50-41-11-5-2-8-35(41)36-9-3-6-12-42(36)50/h2-26H. The number of rotatable bonds is 4. The number of para-hydroxylation sites is 3. The van der Waals surface area contributed by atoms with Crippen LogP contribution in [0.15, 0.2) is 152 Å². The zero-order valence-corrected chi connectivity index (χ0v) is 26.7. The molecule has 2 aromatic heterocycles. The van der Waals surface area contributed by atoms with E-state index in [-0.39, 0.29) is 0 Å². The molecule has 0 atom stereocenters. The molecule has 9 rings (SSSR count). The quantitative estimate of drug-likeness (QED) is 0.181. The van der Waals surface area contributed by atoms with Gasteiger partial charge in [-0.25, -0.2) is 4.85 Å². The van der Waals surface area contributed by atoms with Gasteiger partial charge in [-0.3, -0.25) is 0 Å². The molecule has 7 aromatic carbocycles. The van der Waals surface area contributed by atoms with E-state index in [0.717, 1.165) is 66.5 Å². The van der Waals surface area contributed by atoms with Gasteiger partial charge >= 0.3 is 0 Å². The van der Waals surface area contributed by atoms with Gasteiger partial charge in [-0.2, -0.15) is 10.5 Å². The van der Waals surface area contributed by atoms with E-state index in [4.69, 9.17) is 6.57 Å². The molecule has 9 aromatic rings. The molecule has 0 N–H and O–H groups in total. The fourth-order valence-corrected chi connectivity index (χ4v) is 7.39. The molecule has 0 saturated heterocycles. The Morgan fingerprint density at radius 3 is 1.74 bits per heavy atom. The summed E-state index contributed by atoms with van der Waals surface area (Å²) < 4.78 is 4.51. The number of hydrogen-bond donors (Lipinski definition) is 0. The van der Waals surface area contributed by atoms with Crippen molar-refractivity contribution in [2.75, 3.05) is 0 Å². The van der Waals surface area contributed by atoms with E-state index in [9.17, 15) is 10.5 Å². The van der Waals surface area contributed by atoms with E-state index in [1.807, 2.05) is 54.6 Å². The summed E-state index contributed by atoms with van der Waals surface area (Å²) in [5, 5.41) is 23.9. The van der Waals surface area contributed by atoms with Crippen LogP contribution in [0.5, 0.6) is 0 Å². The molecule has 0 aliphatic heterocycles. The van der Waals surface area contributed by atoms with Gasteiger partial charge < -0.3 is 9.13 Å². The molecule has 5 nitrogen and oxygen atoms in total. The van der Waals surface area contributed by atoms with E-state index in [1.165, 1.54) is 10.8 Å². The molecule has 0 unspecified atom stereocenters. The monoisotopic (exact) mass is 635 g/mol. The van der Waals surface area contributed by atoms with E-state index >= 15 is 0 Å². The number of fused-ring (bicyclic) bond motifs is 6. The predicted octanol–water partition coefficient (Wildman–Crippen LogP) is 11.5. The first-order chi connectivity index (χ1) is 24.7. The molecule has 2 heterocycles. The van der Waals surface area contributed by atoms with Crippen molar-refractivity contribution >= 4 is 49.3 Å². The first-order valence-corrected chi connectivity index (χ1v) is 16.3. The maximum atomic E-state index is 10.00. The van der Waals surface area contributed by atoms with Gasteiger partial charge in [0.15, 0.2) is 5.69 Å². The van der Waals surface area contributed by atoms with Crippen LogP contribution in [-0.4, -0.2) is 9.13 Å². The molecule has 0 aliphatic carbocycles. The van der Waals surface area contributed by atoms with Crippen LogP contribution in [0.1, 0.15) is 11.1 Å². The summed E-state index contributed by atoms with van der Waals surface area (Å²) in [4.78, 5) is 3.65. The minimum Gasteiger partial charge on any atom is -0.309 e. The molecular formula is C45H25N5. The normalized spacial score (nSPS) is 11.1. The third-order valence-electron chi connectivity index (χ3n) is 9.61. The fourth-order valence-electron chi connectivity index (χ4n) is 7.39. The Morgan fingerprint density at radius 2 is 1.04 bits per heavy atom. The fraction of sp³-hybridized carbons (Fsp3) is 0. The highest BCUT2D eigenvalue weighted by atomic mass is 15.0. The van der Waals surface area contributed by atoms with Crippen molar-refractivity contribution in [3.63, 3.8) is 0 Å². The zero-order valence-electron chi connectivity index (χ0n) is 26.7. The maximum absolute atomic E-state index is 10.00. The Labute approximate surface area is 288 Å². The minimum atomic E-state index is 0.559. The lowest BCUT2D eigenvalue weighted by Crippen LogP contribution is -1.98. The molecule has 0 fully saturated rings. The van der Waals surface area contributed by atoms with Crippen LogP contribution in [0.25, 0.3) is 82.1 Å². The van der Waals surface area contributed by atoms with Crippen molar-refractivity contribution in [3.05, 3.63) is 174 Å². The lowest BCUT2D eigenvalue weighted by Gasteiger charge is -2.17. The molecule has 0 saturated carbocycles. The lowest BCUT2D eigenvalue weighted by molar-refractivity contribution is 1.18. The summed E-state index contributed by atoms with van der Waals surface area (Å²) in [6.45, 7) is 7.56. The molecule has 0 amide bonds. The Morgan fingerprint density at radius 1 is 0.460 bits per heavy atom. The second-order valence-electron chi connectivity index (χ2n) is 12.3. The second kappa shape index (κ2) is 11.4. The smallest absolute Gasteiger partial charge is 0.188 e. The molecule has 0 radical (unpaired) electrons. The van der Waals surface area contributed by atoms with Crippen molar-refractivity contribution in [1.29, 1.82) is 10.5 Å². The number of benzene rings is 7. The third-order valence-corrected chi connectivity index (χ3v) is 9.61. The molecule has 230 valence electrons. The van der Waals surface area contributed by atoms with Gasteiger partial charge in [0.25, 0.3) is 0 Å². The summed E-state index contributed by atoms with van der Waals surface area (Å²) in [6.07, 6.45) is 0. The van der Waals surface area contributed by atoms with E-state index in [2.05, 4.69) is 123 Å². The lowest BCUT2D eigenvalue weighted by atomic mass is 9.91. The van der Waals surface area contributed by atoms with Crippen LogP contribution in [-0.2, 0) is 0 Å². The highest BCUT2D eigenvalue weighted by Gasteiger charge is 2.19. The summed E-state index contributed by atoms with van der Waals surface area (Å²) in [7, 11) is 0. The van der Waals surface area contributed by atoms with Gasteiger partial charge in [-0.15, -0.1) is 0 Å². The zero-order chi connectivity index (χ0) is 33.8. The van der Waals surface area contributed by atoms with Crippen LogP contribution in [0.2, 0.25) is 0 Å². The van der Waals surface area contributed by atoms with Crippen LogP contribution < -0.4 is 0 Å². The Kier molecular flexibility index (Phi) is 6.56. The van der Waals surface area contributed by atoms with Crippen LogP contribution >= 0.6 is 0 Å². The largest absolute Gasteiger partial charge is 0.309 e. The average Bonchev–Trinajstić information content (AvgIpc) is 3.69. The Bertz CT molecular complexity index is 2830. The average molecular weight is 636 g/mol. The molecule has 50 heavy (non-hydrogen) atoms. The Balaban J connectivity index is 1.23. The molecular weight excluding hydrogens is 611 g/mol. The first-order valence-electron chi connectivity index (χ1n) is 16.3. The van der Waals surface area contributed by atoms with Crippen molar-refractivity contribution in [2.45, 2.75) is 0 Å². The molecule has 0 aliphatic rings. The van der Waals surface area contributed by atoms with Gasteiger partial charge in [0.1, 0.15) is 0 Å². The highest BCUT2D eigenvalue weighted by Crippen LogP contribution is 2.41. The number of nitriles is 2. The van der Waals surface area contributed by atoms with Crippen LogP contribution in [0.4, 0.5) is 5.69 Å². The highest BCUT2D eigenvalue weighted by molar-refractivity contribution is 6.11. The molecule has 5 heteroatoms. The minimum absolute atomic E-state index is 0.559. The van der Waals surface area contributed by atoms with Gasteiger partial charge in [-0.05, 0) is 94.9 Å². The summed E-state index contributed by atoms with van der Waals surface area (Å²) >= 11 is 0. The van der Waals surface area contributed by atoms with Gasteiger partial charge in [0.2, 0.25) is 0 Å². The predicted molar refractivity (Wildman–Crippen MR) is 202 cm³/mol. The number of nitrogens with zero attached hydrogens (tertiary/aromatic N) is 5. The summed E-state index contributed by atoms with van der Waals surface area (Å²) in [5.74, 6) is 0. The Hall–Kier alpha value is -7.39. The van der Waals surface area contributed by atoms with Gasteiger partial charge in [0, 0.05) is 27.4 Å². The number of aromatic nitrogens is 2. The van der Waals surface area contributed by atoms with Crippen molar-refractivity contribution in [1.82, 2.24) is 9.13 Å². The van der Waals surface area contributed by atoms with Gasteiger partial charge in [-0.1, -0.05) is 78.9 Å². The van der Waals surface area contributed by atoms with Crippen molar-refractivity contribution in [2.24, 2.45) is 0 Å². The maximum Gasteiger partial charge on any atom is 0.188 e. The summed E-state index contributed by atoms with van der Waals surface area (Å²) in [6, 6.07) is 55.8. The number of hydrogen-bond acceptors (Lipinski definition) is 2. The first kappa shape index (κ1) is 28.8. The summed E-state index contributed by atoms with van der Waals surface area (Å²) in [5.41, 5.74) is 12.0. The molecule has 0 spiro atoms. The van der Waals surface area contributed by atoms with E-state index < -0.39 is 0 Å². The van der Waals surface area contributed by atoms with Gasteiger partial charge in [0.05, 0.1) is 57.6 Å². The van der Waals surface area contributed by atoms with Crippen molar-refractivity contribution in [3.8, 4) is 45.8 Å². The van der Waals surface area contributed by atoms with Crippen molar-refractivity contribution < 1.29 is 0 Å². The van der Waals surface area contributed by atoms with E-state index in [0.29, 0.717) is 16.8 Å². The van der Waals surface area contributed by atoms with Crippen LogP contribution in [0, 0.1) is 29.2 Å². The molecule has 0 bridgehead atoms. The third kappa shape index (κ3) is 4.38. The SMILES string of the molecule is [C-]#[N+]c1ccc2c(c1)c1cc(C#N)ccc1n2-c1ccc(-c2ccc(C#N)cc2-c2ccccc2-n2c3ccccc3c3ccccc32)cc1. The van der Waals surface area contributed by atoms with E-state index in [1.54, 1.807) is 0 Å².